The third kappa shape index (κ3) is 3.34. The van der Waals surface area contributed by atoms with Crippen molar-refractivity contribution in [1.29, 1.82) is 0 Å². The maximum absolute atomic E-state index is 12.0. The molecule has 0 aliphatic carbocycles. The third-order valence-corrected chi connectivity index (χ3v) is 4.45. The second-order valence-corrected chi connectivity index (χ2v) is 6.37. The van der Waals surface area contributed by atoms with Gasteiger partial charge in [-0.1, -0.05) is 18.2 Å². The van der Waals surface area contributed by atoms with Gasteiger partial charge in [0.15, 0.2) is 11.2 Å². The van der Waals surface area contributed by atoms with Crippen LogP contribution in [-0.2, 0) is 9.47 Å². The molecule has 140 valence electrons. The molecular weight excluding hydrogens is 352 g/mol. The van der Waals surface area contributed by atoms with Crippen molar-refractivity contribution in [2.45, 2.75) is 31.8 Å². The van der Waals surface area contributed by atoms with Gasteiger partial charge in [0, 0.05) is 6.42 Å². The summed E-state index contributed by atoms with van der Waals surface area (Å²) in [6.07, 6.45) is -0.323. The molecule has 4 rings (SSSR count). The summed E-state index contributed by atoms with van der Waals surface area (Å²) in [6.45, 7) is 1.60. The topological polar surface area (TPSA) is 119 Å². The molecule has 2 aromatic heterocycles. The lowest BCUT2D eigenvalue weighted by Gasteiger charge is -2.16. The fraction of sp³-hybridized carbons (Fsp3) is 0.333. The highest BCUT2D eigenvalue weighted by Crippen LogP contribution is 2.30. The number of hydrogen-bond donors (Lipinski definition) is 2. The summed E-state index contributed by atoms with van der Waals surface area (Å²) in [6, 6.07) is 8.60. The van der Waals surface area contributed by atoms with Crippen LogP contribution >= 0.6 is 0 Å². The molecule has 0 spiro atoms. The van der Waals surface area contributed by atoms with Crippen molar-refractivity contribution in [3.8, 4) is 0 Å². The smallest absolute Gasteiger partial charge is 0.338 e. The molecule has 0 bridgehead atoms. The number of carbonyl (C=O) groups is 1. The Kier molecular flexibility index (Phi) is 4.46. The number of fused-ring (bicyclic) bond motifs is 1. The van der Waals surface area contributed by atoms with Crippen LogP contribution in [0.25, 0.3) is 11.2 Å². The first-order valence-corrected chi connectivity index (χ1v) is 8.52. The van der Waals surface area contributed by atoms with E-state index in [0.717, 1.165) is 0 Å². The standard InChI is InChI=1S/C18H18N4O5/c1-10-20-16-15(17(24)21-10)19-9-22(16)14-7-12(23)13(27-14)8-26-18(25)11-5-3-2-4-6-11/h2-6,9,12-14,23H,7-8H2,1H3,(H,20,21,24)/t12-,13-,14-/m1/s1. The van der Waals surface area contributed by atoms with Gasteiger partial charge in [-0.25, -0.2) is 14.8 Å². The molecule has 1 saturated heterocycles. The van der Waals surface area contributed by atoms with Gasteiger partial charge in [0.2, 0.25) is 0 Å². The van der Waals surface area contributed by atoms with Crippen molar-refractivity contribution in [3.63, 3.8) is 0 Å². The Morgan fingerprint density at radius 2 is 2.19 bits per heavy atom. The molecule has 27 heavy (non-hydrogen) atoms. The maximum atomic E-state index is 12.0. The first-order chi connectivity index (χ1) is 13.0. The minimum atomic E-state index is -0.820. The van der Waals surface area contributed by atoms with E-state index in [4.69, 9.17) is 9.47 Å². The van der Waals surface area contributed by atoms with E-state index in [1.54, 1.807) is 35.8 Å². The second kappa shape index (κ2) is 6.93. The molecule has 1 aromatic carbocycles. The van der Waals surface area contributed by atoms with Crippen LogP contribution in [0.3, 0.4) is 0 Å². The van der Waals surface area contributed by atoms with E-state index in [-0.39, 0.29) is 24.1 Å². The summed E-state index contributed by atoms with van der Waals surface area (Å²) >= 11 is 0. The average Bonchev–Trinajstić information content (AvgIpc) is 3.24. The molecule has 3 aromatic rings. The number of imidazole rings is 1. The number of carbonyl (C=O) groups excluding carboxylic acids is 1. The van der Waals surface area contributed by atoms with Crippen molar-refractivity contribution in [2.24, 2.45) is 0 Å². The van der Waals surface area contributed by atoms with Crippen molar-refractivity contribution < 1.29 is 19.4 Å². The maximum Gasteiger partial charge on any atom is 0.338 e. The summed E-state index contributed by atoms with van der Waals surface area (Å²) in [5.74, 6) is -0.0205. The minimum Gasteiger partial charge on any atom is -0.459 e. The molecule has 0 amide bonds. The monoisotopic (exact) mass is 370 g/mol. The van der Waals surface area contributed by atoms with Crippen LogP contribution in [0.2, 0.25) is 0 Å². The number of nitrogens with zero attached hydrogens (tertiary/aromatic N) is 3. The predicted octanol–water partition coefficient (Wildman–Crippen LogP) is 0.933. The molecular formula is C18H18N4O5. The summed E-state index contributed by atoms with van der Waals surface area (Å²) in [7, 11) is 0. The summed E-state index contributed by atoms with van der Waals surface area (Å²) < 4.78 is 12.7. The van der Waals surface area contributed by atoms with Crippen molar-refractivity contribution in [3.05, 3.63) is 58.4 Å². The summed E-state index contributed by atoms with van der Waals surface area (Å²) in [5.41, 5.74) is 0.692. The molecule has 0 radical (unpaired) electrons. The highest BCUT2D eigenvalue weighted by Gasteiger charge is 2.36. The number of benzene rings is 1. The van der Waals surface area contributed by atoms with E-state index in [9.17, 15) is 14.7 Å². The van der Waals surface area contributed by atoms with E-state index in [1.165, 1.54) is 6.33 Å². The van der Waals surface area contributed by atoms with E-state index in [2.05, 4.69) is 15.0 Å². The number of esters is 1. The van der Waals surface area contributed by atoms with Crippen LogP contribution in [0, 0.1) is 6.92 Å². The number of ether oxygens (including phenoxy) is 2. The number of H-pyrrole nitrogens is 1. The van der Waals surface area contributed by atoms with Crippen molar-refractivity contribution in [1.82, 2.24) is 19.5 Å². The van der Waals surface area contributed by atoms with Gasteiger partial charge in [-0.2, -0.15) is 0 Å². The highest BCUT2D eigenvalue weighted by atomic mass is 16.6. The molecule has 1 aliphatic heterocycles. The van der Waals surface area contributed by atoms with Gasteiger partial charge >= 0.3 is 5.97 Å². The number of aliphatic hydroxyl groups excluding tert-OH is 1. The van der Waals surface area contributed by atoms with Crippen LogP contribution in [-0.4, -0.2) is 49.4 Å². The number of hydrogen-bond acceptors (Lipinski definition) is 7. The quantitative estimate of drug-likeness (QED) is 0.656. The van der Waals surface area contributed by atoms with Crippen LogP contribution < -0.4 is 5.56 Å². The van der Waals surface area contributed by atoms with Crippen LogP contribution in [0.5, 0.6) is 0 Å². The first-order valence-electron chi connectivity index (χ1n) is 8.52. The van der Waals surface area contributed by atoms with Gasteiger partial charge in [0.05, 0.1) is 18.0 Å². The zero-order valence-electron chi connectivity index (χ0n) is 14.5. The fourth-order valence-corrected chi connectivity index (χ4v) is 3.10. The van der Waals surface area contributed by atoms with E-state index < -0.39 is 24.4 Å². The van der Waals surface area contributed by atoms with Gasteiger partial charge in [0.25, 0.3) is 5.56 Å². The molecule has 0 saturated carbocycles. The molecule has 1 fully saturated rings. The summed E-state index contributed by atoms with van der Waals surface area (Å²) in [5, 5.41) is 10.3. The van der Waals surface area contributed by atoms with Gasteiger partial charge in [-0.15, -0.1) is 0 Å². The molecule has 1 aliphatic rings. The fourth-order valence-electron chi connectivity index (χ4n) is 3.10. The van der Waals surface area contributed by atoms with Crippen molar-refractivity contribution in [2.75, 3.05) is 6.61 Å². The first kappa shape index (κ1) is 17.4. The number of nitrogens with one attached hydrogen (secondary N) is 1. The van der Waals surface area contributed by atoms with Crippen LogP contribution in [0.1, 0.15) is 28.8 Å². The Morgan fingerprint density at radius 1 is 1.41 bits per heavy atom. The molecule has 3 atom stereocenters. The Bertz CT molecular complexity index is 1030. The molecule has 9 heteroatoms. The molecule has 2 N–H and O–H groups in total. The van der Waals surface area contributed by atoms with E-state index in [1.807, 2.05) is 6.07 Å². The number of aryl methyl sites for hydroxylation is 1. The van der Waals surface area contributed by atoms with Crippen LogP contribution in [0.4, 0.5) is 0 Å². The number of aliphatic hydroxyl groups is 1. The number of aromatic nitrogens is 4. The molecule has 9 nitrogen and oxygen atoms in total. The van der Waals surface area contributed by atoms with Gasteiger partial charge in [-0.05, 0) is 19.1 Å². The van der Waals surface area contributed by atoms with Gasteiger partial charge in [-0.3, -0.25) is 9.36 Å². The lowest BCUT2D eigenvalue weighted by molar-refractivity contribution is -0.0509. The number of aromatic amines is 1. The SMILES string of the molecule is Cc1nc2c(ncn2[C@H]2C[C@@H](O)[C@@H](COC(=O)c3ccccc3)O2)c(=O)[nH]1. The Balaban J connectivity index is 1.47. The Labute approximate surface area is 153 Å². The van der Waals surface area contributed by atoms with Gasteiger partial charge < -0.3 is 19.6 Å². The average molecular weight is 370 g/mol. The van der Waals surface area contributed by atoms with Crippen LogP contribution in [0.15, 0.2) is 41.5 Å². The van der Waals surface area contributed by atoms with E-state index >= 15 is 0 Å². The zero-order valence-corrected chi connectivity index (χ0v) is 14.5. The zero-order chi connectivity index (χ0) is 19.0. The van der Waals surface area contributed by atoms with E-state index in [0.29, 0.717) is 17.0 Å². The molecule has 0 unspecified atom stereocenters. The largest absolute Gasteiger partial charge is 0.459 e. The lowest BCUT2D eigenvalue weighted by Crippen LogP contribution is -2.28. The Hall–Kier alpha value is -3.04. The number of rotatable bonds is 4. The second-order valence-electron chi connectivity index (χ2n) is 6.37. The third-order valence-electron chi connectivity index (χ3n) is 4.45. The normalized spacial score (nSPS) is 22.2. The van der Waals surface area contributed by atoms with Crippen molar-refractivity contribution >= 4 is 17.1 Å². The predicted molar refractivity (Wildman–Crippen MR) is 94.1 cm³/mol. The lowest BCUT2D eigenvalue weighted by atomic mass is 10.2. The molecule has 3 heterocycles. The highest BCUT2D eigenvalue weighted by molar-refractivity contribution is 5.89. The van der Waals surface area contributed by atoms with Gasteiger partial charge in [0.1, 0.15) is 24.8 Å². The minimum absolute atomic E-state index is 0.0783. The summed E-state index contributed by atoms with van der Waals surface area (Å²) in [4.78, 5) is 35.0. The Morgan fingerprint density at radius 3 is 2.96 bits per heavy atom.